The molecule has 0 saturated carbocycles. The molecule has 0 unspecified atom stereocenters. The van der Waals surface area contributed by atoms with Gasteiger partial charge in [0.25, 0.3) is 5.91 Å². The molecule has 0 bridgehead atoms. The first-order valence-corrected chi connectivity index (χ1v) is 9.08. The lowest BCUT2D eigenvalue weighted by Gasteiger charge is -2.44. The maximum atomic E-state index is 12.6. The topological polar surface area (TPSA) is 89.0 Å². The Morgan fingerprint density at radius 2 is 1.96 bits per heavy atom. The van der Waals surface area contributed by atoms with Gasteiger partial charge in [-0.3, -0.25) is 9.78 Å². The molecule has 146 valence electrons. The number of nitrogens with zero attached hydrogens (tertiary/aromatic N) is 3. The first-order valence-electron chi connectivity index (χ1n) is 9.08. The van der Waals surface area contributed by atoms with Gasteiger partial charge >= 0.3 is 12.1 Å². The minimum Gasteiger partial charge on any atom is -0.465 e. The van der Waals surface area contributed by atoms with E-state index < -0.39 is 5.97 Å². The largest absolute Gasteiger partial charge is 0.465 e. The molecule has 0 N–H and O–H groups in total. The first kappa shape index (κ1) is 19.1. The standard InChI is InChI=1S/C19H25N3O5/c1-19(2)11-22(18(25)27-12-19)14-6-8-21(9-7-14)16(23)15-5-4-13(10-20-15)17(24)26-3/h4-5,10,14H,6-9,11-12H2,1-3H3. The van der Waals surface area contributed by atoms with Crippen LogP contribution in [0.15, 0.2) is 18.3 Å². The lowest BCUT2D eigenvalue weighted by molar-refractivity contribution is -0.0153. The number of amides is 2. The van der Waals surface area contributed by atoms with Crippen molar-refractivity contribution in [1.82, 2.24) is 14.8 Å². The third-order valence-electron chi connectivity index (χ3n) is 5.02. The molecule has 3 heterocycles. The zero-order valence-corrected chi connectivity index (χ0v) is 15.9. The molecule has 8 heteroatoms. The highest BCUT2D eigenvalue weighted by Crippen LogP contribution is 2.28. The molecule has 0 aliphatic carbocycles. The molecule has 2 fully saturated rings. The molecule has 1 aromatic heterocycles. The molecule has 1 aromatic rings. The molecule has 0 atom stereocenters. The summed E-state index contributed by atoms with van der Waals surface area (Å²) in [6.07, 6.45) is 2.49. The summed E-state index contributed by atoms with van der Waals surface area (Å²) < 4.78 is 9.93. The van der Waals surface area contributed by atoms with Crippen molar-refractivity contribution in [3.8, 4) is 0 Å². The summed E-state index contributed by atoms with van der Waals surface area (Å²) in [5.41, 5.74) is 0.533. The lowest BCUT2D eigenvalue weighted by atomic mass is 9.91. The second-order valence-electron chi connectivity index (χ2n) is 7.79. The Morgan fingerprint density at radius 3 is 2.56 bits per heavy atom. The number of pyridine rings is 1. The second kappa shape index (κ2) is 7.54. The fraction of sp³-hybridized carbons (Fsp3) is 0.579. The Kier molecular flexibility index (Phi) is 5.34. The third-order valence-corrected chi connectivity index (χ3v) is 5.02. The summed E-state index contributed by atoms with van der Waals surface area (Å²) in [4.78, 5) is 43.8. The van der Waals surface area contributed by atoms with Gasteiger partial charge in [-0.1, -0.05) is 13.8 Å². The predicted octanol–water partition coefficient (Wildman–Crippen LogP) is 1.95. The van der Waals surface area contributed by atoms with Crippen molar-refractivity contribution in [3.05, 3.63) is 29.6 Å². The number of methoxy groups -OCH3 is 1. The zero-order chi connectivity index (χ0) is 19.6. The van der Waals surface area contributed by atoms with E-state index in [2.05, 4.69) is 23.6 Å². The molecular formula is C19H25N3O5. The van der Waals surface area contributed by atoms with E-state index in [1.54, 1.807) is 9.80 Å². The molecule has 2 aliphatic heterocycles. The highest BCUT2D eigenvalue weighted by atomic mass is 16.6. The number of ether oxygens (including phenoxy) is 2. The maximum Gasteiger partial charge on any atom is 0.410 e. The normalized spacial score (nSPS) is 20.2. The average Bonchev–Trinajstić information content (AvgIpc) is 2.69. The molecule has 27 heavy (non-hydrogen) atoms. The quantitative estimate of drug-likeness (QED) is 0.750. The van der Waals surface area contributed by atoms with Crippen LogP contribution in [0, 0.1) is 5.41 Å². The van der Waals surface area contributed by atoms with E-state index in [0.717, 1.165) is 0 Å². The number of piperidine rings is 1. The van der Waals surface area contributed by atoms with Crippen LogP contribution in [0.2, 0.25) is 0 Å². The van der Waals surface area contributed by atoms with E-state index in [0.29, 0.717) is 50.3 Å². The van der Waals surface area contributed by atoms with Crippen molar-refractivity contribution in [2.45, 2.75) is 32.7 Å². The van der Waals surface area contributed by atoms with Crippen LogP contribution in [0.25, 0.3) is 0 Å². The molecule has 2 aliphatic rings. The van der Waals surface area contributed by atoms with Gasteiger partial charge in [-0.15, -0.1) is 0 Å². The minimum atomic E-state index is -0.487. The van der Waals surface area contributed by atoms with Gasteiger partial charge < -0.3 is 19.3 Å². The molecule has 8 nitrogen and oxygen atoms in total. The summed E-state index contributed by atoms with van der Waals surface area (Å²) in [5, 5.41) is 0. The second-order valence-corrected chi connectivity index (χ2v) is 7.79. The molecule has 2 saturated heterocycles. The van der Waals surface area contributed by atoms with Crippen molar-refractivity contribution in [1.29, 1.82) is 0 Å². The molecule has 0 spiro atoms. The van der Waals surface area contributed by atoms with E-state index in [4.69, 9.17) is 4.74 Å². The zero-order valence-electron chi connectivity index (χ0n) is 15.9. The van der Waals surface area contributed by atoms with Gasteiger partial charge in [0, 0.05) is 37.3 Å². The van der Waals surface area contributed by atoms with Crippen molar-refractivity contribution in [2.75, 3.05) is 33.4 Å². The Labute approximate surface area is 158 Å². The van der Waals surface area contributed by atoms with Crippen molar-refractivity contribution >= 4 is 18.0 Å². The Balaban J connectivity index is 1.59. The number of esters is 1. The van der Waals surface area contributed by atoms with Gasteiger partial charge in [0.15, 0.2) is 0 Å². The smallest absolute Gasteiger partial charge is 0.410 e. The van der Waals surface area contributed by atoms with Crippen LogP contribution in [0.1, 0.15) is 47.5 Å². The van der Waals surface area contributed by atoms with E-state index in [-0.39, 0.29) is 23.5 Å². The van der Waals surface area contributed by atoms with Crippen LogP contribution in [0.3, 0.4) is 0 Å². The highest BCUT2D eigenvalue weighted by Gasteiger charge is 2.38. The van der Waals surface area contributed by atoms with E-state index in [1.165, 1.54) is 25.4 Å². The number of carbonyl (C=O) groups is 3. The van der Waals surface area contributed by atoms with Crippen LogP contribution in [-0.4, -0.2) is 72.1 Å². The maximum absolute atomic E-state index is 12.6. The number of hydrogen-bond acceptors (Lipinski definition) is 6. The molecule has 3 rings (SSSR count). The van der Waals surface area contributed by atoms with Crippen LogP contribution in [0.5, 0.6) is 0 Å². The first-order chi connectivity index (χ1) is 12.8. The van der Waals surface area contributed by atoms with Crippen molar-refractivity contribution in [2.24, 2.45) is 5.41 Å². The fourth-order valence-corrected chi connectivity index (χ4v) is 3.49. The summed E-state index contributed by atoms with van der Waals surface area (Å²) in [7, 11) is 1.30. The van der Waals surface area contributed by atoms with Crippen LogP contribution in [-0.2, 0) is 9.47 Å². The SMILES string of the molecule is COC(=O)c1ccc(C(=O)N2CCC(N3CC(C)(C)COC3=O)CC2)nc1. The number of cyclic esters (lactones) is 1. The molecule has 2 amide bonds. The summed E-state index contributed by atoms with van der Waals surface area (Å²) in [5.74, 6) is -0.662. The number of aromatic nitrogens is 1. The summed E-state index contributed by atoms with van der Waals surface area (Å²) in [6, 6.07) is 3.14. The monoisotopic (exact) mass is 375 g/mol. The molecule has 0 radical (unpaired) electrons. The van der Waals surface area contributed by atoms with E-state index in [9.17, 15) is 14.4 Å². The highest BCUT2D eigenvalue weighted by molar-refractivity contribution is 5.94. The lowest BCUT2D eigenvalue weighted by Crippen LogP contribution is -2.55. The van der Waals surface area contributed by atoms with Gasteiger partial charge in [0.1, 0.15) is 5.69 Å². The van der Waals surface area contributed by atoms with Gasteiger partial charge in [-0.25, -0.2) is 9.59 Å². The summed E-state index contributed by atoms with van der Waals surface area (Å²) >= 11 is 0. The van der Waals surface area contributed by atoms with Gasteiger partial charge in [-0.05, 0) is 25.0 Å². The average molecular weight is 375 g/mol. The van der Waals surface area contributed by atoms with Crippen molar-refractivity contribution in [3.63, 3.8) is 0 Å². The predicted molar refractivity (Wildman–Crippen MR) is 96.3 cm³/mol. The van der Waals surface area contributed by atoms with Gasteiger partial charge in [-0.2, -0.15) is 0 Å². The van der Waals surface area contributed by atoms with Crippen LogP contribution >= 0.6 is 0 Å². The van der Waals surface area contributed by atoms with E-state index >= 15 is 0 Å². The Morgan fingerprint density at radius 1 is 1.26 bits per heavy atom. The number of carbonyl (C=O) groups excluding carboxylic acids is 3. The Bertz CT molecular complexity index is 723. The number of hydrogen-bond donors (Lipinski definition) is 0. The number of rotatable bonds is 3. The van der Waals surface area contributed by atoms with Gasteiger partial charge in [0.2, 0.25) is 0 Å². The van der Waals surface area contributed by atoms with Crippen LogP contribution in [0.4, 0.5) is 4.79 Å². The van der Waals surface area contributed by atoms with E-state index in [1.807, 2.05) is 0 Å². The fourth-order valence-electron chi connectivity index (χ4n) is 3.49. The number of likely N-dealkylation sites (tertiary alicyclic amines) is 1. The van der Waals surface area contributed by atoms with Crippen molar-refractivity contribution < 1.29 is 23.9 Å². The van der Waals surface area contributed by atoms with Crippen LogP contribution < -0.4 is 0 Å². The third kappa shape index (κ3) is 4.20. The summed E-state index contributed by atoms with van der Waals surface area (Å²) in [6.45, 7) is 6.36. The Hall–Kier alpha value is -2.64. The van der Waals surface area contributed by atoms with Gasteiger partial charge in [0.05, 0.1) is 19.3 Å². The molecule has 0 aromatic carbocycles. The minimum absolute atomic E-state index is 0.0633. The molecular weight excluding hydrogens is 350 g/mol.